The number of carbonyl (C=O) groups is 2. The van der Waals surface area contributed by atoms with Crippen LogP contribution in [0, 0.1) is 11.6 Å². The molecule has 0 aliphatic carbocycles. The van der Waals surface area contributed by atoms with Crippen LogP contribution >= 0.6 is 0 Å². The molecule has 1 N–H and O–H groups in total. The Morgan fingerprint density at radius 1 is 0.654 bits per heavy atom. The van der Waals surface area contributed by atoms with E-state index in [4.69, 9.17) is 0 Å². The summed E-state index contributed by atoms with van der Waals surface area (Å²) < 4.78 is 26.0. The molecule has 1 unspecified atom stereocenters. The molecule has 0 aromatic heterocycles. The van der Waals surface area contributed by atoms with E-state index >= 15 is 0 Å². The van der Waals surface area contributed by atoms with Crippen molar-refractivity contribution in [2.24, 2.45) is 0 Å². The molecule has 0 aliphatic heterocycles. The Morgan fingerprint density at radius 3 is 1.42 bits per heavy atom. The summed E-state index contributed by atoms with van der Waals surface area (Å²) in [5.74, 6) is -3.20. The Balaban J connectivity index is 1.89. The van der Waals surface area contributed by atoms with Crippen LogP contribution in [0.5, 0.6) is 0 Å². The van der Waals surface area contributed by atoms with E-state index in [1.807, 2.05) is 0 Å². The number of aliphatic carboxylic acids is 1. The van der Waals surface area contributed by atoms with Crippen LogP contribution in [0.4, 0.5) is 8.78 Å². The van der Waals surface area contributed by atoms with Gasteiger partial charge < -0.3 is 5.11 Å². The van der Waals surface area contributed by atoms with Crippen molar-refractivity contribution in [1.82, 2.24) is 0 Å². The van der Waals surface area contributed by atoms with Crippen molar-refractivity contribution in [2.45, 2.75) is 5.92 Å². The summed E-state index contributed by atoms with van der Waals surface area (Å²) in [4.78, 5) is 24.1. The summed E-state index contributed by atoms with van der Waals surface area (Å²) in [5.41, 5.74) is 1.62. The van der Waals surface area contributed by atoms with E-state index in [1.165, 1.54) is 60.7 Å². The first-order valence-electron chi connectivity index (χ1n) is 7.84. The smallest absolute Gasteiger partial charge is 0.315 e. The van der Waals surface area contributed by atoms with Crippen molar-refractivity contribution in [3.8, 4) is 0 Å². The number of halogens is 2. The largest absolute Gasteiger partial charge is 0.481 e. The fourth-order valence-corrected chi connectivity index (χ4v) is 2.73. The molecule has 0 amide bonds. The van der Waals surface area contributed by atoms with Gasteiger partial charge in [-0.15, -0.1) is 0 Å². The number of rotatable bonds is 5. The van der Waals surface area contributed by atoms with Gasteiger partial charge in [0.25, 0.3) is 0 Å². The highest BCUT2D eigenvalue weighted by atomic mass is 19.1. The average molecular weight is 352 g/mol. The Kier molecular flexibility index (Phi) is 4.89. The molecular weight excluding hydrogens is 338 g/mol. The highest BCUT2D eigenvalue weighted by Gasteiger charge is 2.22. The van der Waals surface area contributed by atoms with E-state index < -0.39 is 23.5 Å². The lowest BCUT2D eigenvalue weighted by atomic mass is 9.90. The van der Waals surface area contributed by atoms with Gasteiger partial charge in [0.15, 0.2) is 5.78 Å². The van der Waals surface area contributed by atoms with E-state index in [9.17, 15) is 23.5 Å². The second-order valence-electron chi connectivity index (χ2n) is 5.78. The van der Waals surface area contributed by atoms with Crippen molar-refractivity contribution in [2.75, 3.05) is 0 Å². The Hall–Kier alpha value is -3.34. The van der Waals surface area contributed by atoms with E-state index in [0.717, 1.165) is 0 Å². The monoisotopic (exact) mass is 352 g/mol. The first-order chi connectivity index (χ1) is 12.5. The zero-order chi connectivity index (χ0) is 18.7. The minimum atomic E-state index is -1.07. The van der Waals surface area contributed by atoms with E-state index in [0.29, 0.717) is 22.3 Å². The predicted octanol–water partition coefficient (Wildman–Crippen LogP) is 4.41. The topological polar surface area (TPSA) is 54.4 Å². The summed E-state index contributed by atoms with van der Waals surface area (Å²) >= 11 is 0. The summed E-state index contributed by atoms with van der Waals surface area (Å²) in [7, 11) is 0. The Labute approximate surface area is 148 Å². The van der Waals surface area contributed by atoms with Crippen LogP contribution in [0.2, 0.25) is 0 Å². The van der Waals surface area contributed by atoms with Gasteiger partial charge in [-0.05, 0) is 47.5 Å². The van der Waals surface area contributed by atoms with Crippen molar-refractivity contribution in [3.05, 3.63) is 107 Å². The van der Waals surface area contributed by atoms with Gasteiger partial charge in [-0.2, -0.15) is 0 Å². The van der Waals surface area contributed by atoms with Crippen molar-refractivity contribution in [3.63, 3.8) is 0 Å². The third-order valence-electron chi connectivity index (χ3n) is 4.06. The number of carboxylic acid groups (broad SMARTS) is 1. The van der Waals surface area contributed by atoms with Crippen molar-refractivity contribution >= 4 is 11.8 Å². The quantitative estimate of drug-likeness (QED) is 0.692. The van der Waals surface area contributed by atoms with Crippen LogP contribution in [0.25, 0.3) is 0 Å². The van der Waals surface area contributed by atoms with Gasteiger partial charge in [-0.25, -0.2) is 8.78 Å². The lowest BCUT2D eigenvalue weighted by molar-refractivity contribution is -0.137. The van der Waals surface area contributed by atoms with Crippen LogP contribution in [-0.2, 0) is 4.79 Å². The molecule has 3 aromatic carbocycles. The molecule has 26 heavy (non-hydrogen) atoms. The van der Waals surface area contributed by atoms with Crippen LogP contribution in [0.15, 0.2) is 72.8 Å². The normalized spacial score (nSPS) is 11.8. The zero-order valence-corrected chi connectivity index (χ0v) is 13.5. The molecule has 3 nitrogen and oxygen atoms in total. The van der Waals surface area contributed by atoms with Gasteiger partial charge in [-0.3, -0.25) is 9.59 Å². The zero-order valence-electron chi connectivity index (χ0n) is 13.5. The van der Waals surface area contributed by atoms with Crippen LogP contribution in [0.3, 0.4) is 0 Å². The highest BCUT2D eigenvalue weighted by molar-refractivity contribution is 6.09. The Morgan fingerprint density at radius 2 is 1.00 bits per heavy atom. The van der Waals surface area contributed by atoms with E-state index in [-0.39, 0.29) is 5.78 Å². The highest BCUT2D eigenvalue weighted by Crippen LogP contribution is 2.26. The molecule has 1 atom stereocenters. The van der Waals surface area contributed by atoms with Crippen molar-refractivity contribution in [1.29, 1.82) is 0 Å². The summed E-state index contributed by atoms with van der Waals surface area (Å²) in [6.45, 7) is 0. The summed E-state index contributed by atoms with van der Waals surface area (Å²) in [5, 5.41) is 9.54. The molecule has 0 saturated heterocycles. The molecule has 3 aromatic rings. The number of ketones is 1. The lowest BCUT2D eigenvalue weighted by Gasteiger charge is -2.14. The number of hydrogen-bond donors (Lipinski definition) is 1. The third-order valence-corrected chi connectivity index (χ3v) is 4.06. The summed E-state index contributed by atoms with van der Waals surface area (Å²) in [6, 6.07) is 16.6. The van der Waals surface area contributed by atoms with Crippen molar-refractivity contribution < 1.29 is 23.5 Å². The molecular formula is C21H14F2O3. The maximum Gasteiger partial charge on any atom is 0.315 e. The Bertz CT molecular complexity index is 931. The molecule has 0 saturated carbocycles. The van der Waals surface area contributed by atoms with Crippen LogP contribution < -0.4 is 0 Å². The molecule has 0 heterocycles. The second-order valence-corrected chi connectivity index (χ2v) is 5.78. The minimum absolute atomic E-state index is 0.287. The lowest BCUT2D eigenvalue weighted by Crippen LogP contribution is -2.13. The van der Waals surface area contributed by atoms with Gasteiger partial charge in [-0.1, -0.05) is 36.4 Å². The van der Waals surface area contributed by atoms with Gasteiger partial charge in [0.05, 0.1) is 0 Å². The fourth-order valence-electron chi connectivity index (χ4n) is 2.73. The van der Waals surface area contributed by atoms with Gasteiger partial charge >= 0.3 is 5.97 Å². The SMILES string of the molecule is O=C(c1ccc(F)cc1)c1ccc(C(C(=O)O)c2ccc(F)cc2)cc1. The molecule has 0 aliphatic rings. The first kappa shape index (κ1) is 17.5. The van der Waals surface area contributed by atoms with Gasteiger partial charge in [0, 0.05) is 11.1 Å². The molecule has 3 rings (SSSR count). The molecule has 130 valence electrons. The second kappa shape index (κ2) is 7.27. The fraction of sp³-hybridized carbons (Fsp3) is 0.0476. The molecule has 0 spiro atoms. The number of carboxylic acids is 1. The maximum atomic E-state index is 13.1. The molecule has 5 heteroatoms. The molecule has 0 radical (unpaired) electrons. The first-order valence-corrected chi connectivity index (χ1v) is 7.84. The number of hydrogen-bond acceptors (Lipinski definition) is 2. The number of benzene rings is 3. The van der Waals surface area contributed by atoms with Gasteiger partial charge in [0.2, 0.25) is 0 Å². The van der Waals surface area contributed by atoms with E-state index in [1.54, 1.807) is 12.1 Å². The van der Waals surface area contributed by atoms with E-state index in [2.05, 4.69) is 0 Å². The summed E-state index contributed by atoms with van der Waals surface area (Å²) in [6.07, 6.45) is 0. The van der Waals surface area contributed by atoms with Crippen LogP contribution in [-0.4, -0.2) is 16.9 Å². The van der Waals surface area contributed by atoms with Gasteiger partial charge in [0.1, 0.15) is 17.6 Å². The third kappa shape index (κ3) is 3.67. The molecule has 0 bridgehead atoms. The standard InChI is InChI=1S/C21H14F2O3/c22-17-9-5-14(6-10-17)19(21(25)26)13-1-3-15(4-2-13)20(24)16-7-11-18(23)12-8-16/h1-12,19H,(H,25,26). The molecule has 0 fully saturated rings. The number of carbonyl (C=O) groups excluding carboxylic acids is 1. The average Bonchev–Trinajstić information content (AvgIpc) is 2.64. The minimum Gasteiger partial charge on any atom is -0.481 e. The van der Waals surface area contributed by atoms with Crippen LogP contribution in [0.1, 0.15) is 33.0 Å². The predicted molar refractivity (Wildman–Crippen MR) is 92.2 cm³/mol. The maximum absolute atomic E-state index is 13.1.